The van der Waals surface area contributed by atoms with E-state index in [0.717, 1.165) is 36.5 Å². The minimum absolute atomic E-state index is 0.0220. The van der Waals surface area contributed by atoms with Crippen molar-refractivity contribution >= 4 is 11.6 Å². The Hall–Kier alpha value is -3.96. The molecule has 1 aliphatic heterocycles. The Kier molecular flexibility index (Phi) is 4.57. The number of hydrogen-bond acceptors (Lipinski definition) is 6. The number of aryl methyl sites for hydroxylation is 1. The van der Waals surface area contributed by atoms with Crippen LogP contribution in [-0.2, 0) is 0 Å². The second-order valence-electron chi connectivity index (χ2n) is 9.27. The largest absolute Gasteiger partial charge is 0.508 e. The number of halogens is 1. The van der Waals surface area contributed by atoms with E-state index in [9.17, 15) is 14.8 Å². The summed E-state index contributed by atoms with van der Waals surface area (Å²) < 4.78 is 16.6. The predicted octanol–water partition coefficient (Wildman–Crippen LogP) is 4.01. The molecule has 8 heteroatoms. The van der Waals surface area contributed by atoms with Gasteiger partial charge in [-0.25, -0.2) is 14.4 Å². The quantitative estimate of drug-likeness (QED) is 0.485. The van der Waals surface area contributed by atoms with E-state index in [-0.39, 0.29) is 17.4 Å². The van der Waals surface area contributed by atoms with Gasteiger partial charge in [0.1, 0.15) is 23.3 Å². The third-order valence-electron chi connectivity index (χ3n) is 7.24. The molecule has 2 bridgehead atoms. The van der Waals surface area contributed by atoms with Gasteiger partial charge >= 0.3 is 0 Å². The van der Waals surface area contributed by atoms with Crippen LogP contribution >= 0.6 is 0 Å². The molecule has 170 valence electrons. The number of phenols is 1. The molecule has 0 radical (unpaired) electrons. The second kappa shape index (κ2) is 7.54. The smallest absolute Gasteiger partial charge is 0.212 e. The molecule has 3 atom stereocenters. The molecule has 3 heterocycles. The van der Waals surface area contributed by atoms with Crippen LogP contribution in [-0.4, -0.2) is 38.1 Å². The SMILES string of the molecule is Cc1ccc(-c2c(-c3ccc(C#N)c(F)c3)nc(N3CC4CC3CC4N)n3ccnc23)cc1O. The van der Waals surface area contributed by atoms with Crippen LogP contribution in [0.5, 0.6) is 5.75 Å². The molecule has 0 amide bonds. The van der Waals surface area contributed by atoms with Crippen molar-refractivity contribution < 1.29 is 9.50 Å². The summed E-state index contributed by atoms with van der Waals surface area (Å²) in [6.07, 6.45) is 5.55. The van der Waals surface area contributed by atoms with Gasteiger partial charge in [0.25, 0.3) is 0 Å². The van der Waals surface area contributed by atoms with Gasteiger partial charge in [0.15, 0.2) is 0 Å². The van der Waals surface area contributed by atoms with E-state index in [4.69, 9.17) is 10.7 Å². The van der Waals surface area contributed by atoms with Crippen LogP contribution in [0.25, 0.3) is 28.0 Å². The number of fused-ring (bicyclic) bond motifs is 3. The zero-order chi connectivity index (χ0) is 23.6. The molecule has 7 nitrogen and oxygen atoms in total. The number of rotatable bonds is 3. The highest BCUT2D eigenvalue weighted by Crippen LogP contribution is 2.42. The number of piperidine rings is 1. The van der Waals surface area contributed by atoms with Crippen molar-refractivity contribution in [3.8, 4) is 34.2 Å². The van der Waals surface area contributed by atoms with Gasteiger partial charge in [-0.15, -0.1) is 0 Å². The first-order valence-corrected chi connectivity index (χ1v) is 11.3. The Morgan fingerprint density at radius 1 is 1.18 bits per heavy atom. The van der Waals surface area contributed by atoms with Crippen LogP contribution in [0.3, 0.4) is 0 Å². The number of aromatic hydroxyl groups is 1. The fourth-order valence-electron chi connectivity index (χ4n) is 5.40. The summed E-state index contributed by atoms with van der Waals surface area (Å²) in [6, 6.07) is 12.3. The van der Waals surface area contributed by atoms with Gasteiger partial charge in [-0.1, -0.05) is 18.2 Å². The molecule has 1 aliphatic carbocycles. The number of imidazole rings is 1. The van der Waals surface area contributed by atoms with Crippen LogP contribution in [0.2, 0.25) is 0 Å². The van der Waals surface area contributed by atoms with Gasteiger partial charge in [-0.2, -0.15) is 5.26 Å². The van der Waals surface area contributed by atoms with Crippen molar-refractivity contribution in [3.05, 3.63) is 65.7 Å². The molecule has 2 aromatic heterocycles. The highest BCUT2D eigenvalue weighted by Gasteiger charge is 2.44. The lowest BCUT2D eigenvalue weighted by Crippen LogP contribution is -2.42. The first-order valence-electron chi connectivity index (χ1n) is 11.3. The van der Waals surface area contributed by atoms with Gasteiger partial charge in [0.2, 0.25) is 5.95 Å². The molecule has 3 unspecified atom stereocenters. The van der Waals surface area contributed by atoms with E-state index in [0.29, 0.717) is 34.4 Å². The average Bonchev–Trinajstić information content (AvgIpc) is 3.55. The molecule has 4 aromatic rings. The summed E-state index contributed by atoms with van der Waals surface area (Å²) >= 11 is 0. The van der Waals surface area contributed by atoms with Crippen LogP contribution in [0, 0.1) is 30.0 Å². The Balaban J connectivity index is 1.62. The molecular formula is C26H23FN6O. The van der Waals surface area contributed by atoms with Crippen LogP contribution in [0.15, 0.2) is 48.8 Å². The van der Waals surface area contributed by atoms with Crippen molar-refractivity contribution in [1.29, 1.82) is 5.26 Å². The van der Waals surface area contributed by atoms with Gasteiger partial charge in [0, 0.05) is 36.6 Å². The second-order valence-corrected chi connectivity index (χ2v) is 9.27. The number of aromatic nitrogens is 3. The van der Waals surface area contributed by atoms with E-state index >= 15 is 0 Å². The average molecular weight is 455 g/mol. The summed E-state index contributed by atoms with van der Waals surface area (Å²) in [6.45, 7) is 2.65. The van der Waals surface area contributed by atoms with Crippen LogP contribution in [0.1, 0.15) is 24.0 Å². The molecule has 2 aliphatic rings. The highest BCUT2D eigenvalue weighted by atomic mass is 19.1. The number of anilines is 1. The maximum atomic E-state index is 14.7. The number of nitriles is 1. The van der Waals surface area contributed by atoms with Crippen LogP contribution in [0.4, 0.5) is 10.3 Å². The Bertz CT molecular complexity index is 1490. The molecule has 1 saturated heterocycles. The molecule has 2 aromatic carbocycles. The van der Waals surface area contributed by atoms with E-state index in [1.807, 2.05) is 35.7 Å². The molecule has 1 saturated carbocycles. The minimum Gasteiger partial charge on any atom is -0.508 e. The number of phenolic OH excluding ortho intramolecular Hbond substituents is 1. The van der Waals surface area contributed by atoms with Crippen molar-refractivity contribution in [2.45, 2.75) is 31.8 Å². The molecule has 3 N–H and O–H groups in total. The number of benzene rings is 2. The topological polar surface area (TPSA) is 103 Å². The van der Waals surface area contributed by atoms with Crippen molar-refractivity contribution in [2.24, 2.45) is 11.7 Å². The van der Waals surface area contributed by atoms with E-state index in [1.54, 1.807) is 18.3 Å². The normalized spacial score (nSPS) is 21.4. The number of nitrogens with two attached hydrogens (primary N) is 1. The van der Waals surface area contributed by atoms with Crippen molar-refractivity contribution in [1.82, 2.24) is 14.4 Å². The Labute approximate surface area is 195 Å². The molecule has 0 spiro atoms. The lowest BCUT2D eigenvalue weighted by Gasteiger charge is -2.31. The maximum absolute atomic E-state index is 14.7. The molecular weight excluding hydrogens is 431 g/mol. The summed E-state index contributed by atoms with van der Waals surface area (Å²) in [5, 5.41) is 19.6. The molecule has 6 rings (SSSR count). The minimum atomic E-state index is -0.601. The zero-order valence-electron chi connectivity index (χ0n) is 18.6. The summed E-state index contributed by atoms with van der Waals surface area (Å²) in [5.41, 5.74) is 10.2. The first kappa shape index (κ1) is 20.6. The van der Waals surface area contributed by atoms with E-state index in [1.165, 1.54) is 12.1 Å². The summed E-state index contributed by atoms with van der Waals surface area (Å²) in [5.74, 6) is 0.728. The zero-order valence-corrected chi connectivity index (χ0v) is 18.6. The van der Waals surface area contributed by atoms with Crippen LogP contribution < -0.4 is 10.6 Å². The third kappa shape index (κ3) is 3.05. The van der Waals surface area contributed by atoms with Gasteiger partial charge < -0.3 is 15.7 Å². The fraction of sp³-hybridized carbons (Fsp3) is 0.269. The third-order valence-corrected chi connectivity index (χ3v) is 7.24. The molecule has 2 fully saturated rings. The van der Waals surface area contributed by atoms with E-state index in [2.05, 4.69) is 9.88 Å². The monoisotopic (exact) mass is 454 g/mol. The maximum Gasteiger partial charge on any atom is 0.212 e. The van der Waals surface area contributed by atoms with Gasteiger partial charge in [-0.3, -0.25) is 4.40 Å². The number of hydrogen-bond donors (Lipinski definition) is 2. The van der Waals surface area contributed by atoms with E-state index < -0.39 is 5.82 Å². The number of nitrogens with zero attached hydrogens (tertiary/aromatic N) is 5. The Morgan fingerprint density at radius 3 is 2.68 bits per heavy atom. The van der Waals surface area contributed by atoms with Crippen molar-refractivity contribution in [3.63, 3.8) is 0 Å². The summed E-state index contributed by atoms with van der Waals surface area (Å²) in [7, 11) is 0. The highest BCUT2D eigenvalue weighted by molar-refractivity contribution is 5.91. The summed E-state index contributed by atoms with van der Waals surface area (Å²) in [4.78, 5) is 12.0. The van der Waals surface area contributed by atoms with Crippen molar-refractivity contribution in [2.75, 3.05) is 11.4 Å². The first-order chi connectivity index (χ1) is 16.4. The van der Waals surface area contributed by atoms with Gasteiger partial charge in [0.05, 0.1) is 16.8 Å². The lowest BCUT2D eigenvalue weighted by molar-refractivity contribution is 0.468. The molecule has 34 heavy (non-hydrogen) atoms. The van der Waals surface area contributed by atoms with Gasteiger partial charge in [-0.05, 0) is 55.0 Å². The Morgan fingerprint density at radius 2 is 2.00 bits per heavy atom. The fourth-order valence-corrected chi connectivity index (χ4v) is 5.40. The lowest BCUT2D eigenvalue weighted by atomic mass is 9.98. The standard InChI is InChI=1S/C26H23FN6O/c1-14-2-3-15(10-22(14)34)23-24(16-4-5-17(12-28)20(27)9-16)31-26(32-7-6-30-25(23)32)33-13-18-8-19(33)11-21(18)29/h2-7,9-10,18-19,21,34H,8,11,13,29H2,1H3. The predicted molar refractivity (Wildman–Crippen MR) is 127 cm³/mol.